The second-order valence-electron chi connectivity index (χ2n) is 2.64. The Kier molecular flexibility index (Phi) is 2.35. The SMILES string of the molecule is C1=CSC(C2CNCCO2)N1. The van der Waals surface area contributed by atoms with E-state index in [2.05, 4.69) is 16.0 Å². The van der Waals surface area contributed by atoms with E-state index in [9.17, 15) is 0 Å². The van der Waals surface area contributed by atoms with Crippen LogP contribution >= 0.6 is 11.8 Å². The molecule has 0 saturated carbocycles. The second-order valence-corrected chi connectivity index (χ2v) is 3.69. The van der Waals surface area contributed by atoms with E-state index in [0.717, 1.165) is 19.7 Å². The van der Waals surface area contributed by atoms with Crippen LogP contribution < -0.4 is 10.6 Å². The highest BCUT2D eigenvalue weighted by Gasteiger charge is 2.24. The van der Waals surface area contributed by atoms with Crippen LogP contribution in [0.25, 0.3) is 0 Å². The summed E-state index contributed by atoms with van der Waals surface area (Å²) in [5.74, 6) is 0. The van der Waals surface area contributed by atoms with E-state index in [1.807, 2.05) is 6.20 Å². The molecule has 0 aromatic heterocycles. The molecule has 0 radical (unpaired) electrons. The first kappa shape index (κ1) is 7.46. The molecule has 0 spiro atoms. The molecule has 2 unspecified atom stereocenters. The van der Waals surface area contributed by atoms with Crippen molar-refractivity contribution in [1.82, 2.24) is 10.6 Å². The van der Waals surface area contributed by atoms with Gasteiger partial charge in [-0.25, -0.2) is 0 Å². The maximum Gasteiger partial charge on any atom is 0.104 e. The van der Waals surface area contributed by atoms with Crippen LogP contribution in [0.5, 0.6) is 0 Å². The third kappa shape index (κ3) is 1.69. The summed E-state index contributed by atoms with van der Waals surface area (Å²) in [4.78, 5) is 0. The molecule has 1 fully saturated rings. The summed E-state index contributed by atoms with van der Waals surface area (Å²) >= 11 is 1.79. The maximum atomic E-state index is 5.58. The lowest BCUT2D eigenvalue weighted by atomic mass is 10.3. The van der Waals surface area contributed by atoms with E-state index < -0.39 is 0 Å². The summed E-state index contributed by atoms with van der Waals surface area (Å²) in [6, 6.07) is 0. The minimum absolute atomic E-state index is 0.323. The zero-order valence-corrected chi connectivity index (χ0v) is 7.06. The lowest BCUT2D eigenvalue weighted by molar-refractivity contribution is 0.0250. The van der Waals surface area contributed by atoms with Crippen molar-refractivity contribution < 1.29 is 4.74 Å². The molecule has 1 saturated heterocycles. The van der Waals surface area contributed by atoms with Gasteiger partial charge < -0.3 is 15.4 Å². The van der Waals surface area contributed by atoms with Gasteiger partial charge in [0, 0.05) is 19.3 Å². The van der Waals surface area contributed by atoms with Gasteiger partial charge in [-0.2, -0.15) is 0 Å². The summed E-state index contributed by atoms with van der Waals surface area (Å²) in [6.07, 6.45) is 2.30. The van der Waals surface area contributed by atoms with Crippen molar-refractivity contribution in [2.75, 3.05) is 19.7 Å². The average Bonchev–Trinajstić information content (AvgIpc) is 2.58. The van der Waals surface area contributed by atoms with E-state index >= 15 is 0 Å². The van der Waals surface area contributed by atoms with Crippen LogP contribution in [0.2, 0.25) is 0 Å². The van der Waals surface area contributed by atoms with Crippen molar-refractivity contribution in [3.05, 3.63) is 11.6 Å². The number of thioether (sulfide) groups is 1. The van der Waals surface area contributed by atoms with Gasteiger partial charge in [-0.15, -0.1) is 11.8 Å². The lowest BCUT2D eigenvalue weighted by Gasteiger charge is -2.27. The number of hydrogen-bond acceptors (Lipinski definition) is 4. The van der Waals surface area contributed by atoms with Crippen molar-refractivity contribution in [2.24, 2.45) is 0 Å². The Labute approximate surface area is 70.6 Å². The lowest BCUT2D eigenvalue weighted by Crippen LogP contribution is -2.46. The van der Waals surface area contributed by atoms with Gasteiger partial charge in [0.25, 0.3) is 0 Å². The van der Waals surface area contributed by atoms with Crippen LogP contribution in [0, 0.1) is 0 Å². The van der Waals surface area contributed by atoms with Crippen molar-refractivity contribution in [1.29, 1.82) is 0 Å². The fraction of sp³-hybridized carbons (Fsp3) is 0.714. The van der Waals surface area contributed by atoms with Crippen LogP contribution in [0.4, 0.5) is 0 Å². The molecule has 2 N–H and O–H groups in total. The smallest absolute Gasteiger partial charge is 0.104 e. The molecule has 3 nitrogen and oxygen atoms in total. The Morgan fingerprint density at radius 3 is 3.18 bits per heavy atom. The van der Waals surface area contributed by atoms with Gasteiger partial charge in [-0.3, -0.25) is 0 Å². The van der Waals surface area contributed by atoms with E-state index in [-0.39, 0.29) is 0 Å². The third-order valence-electron chi connectivity index (χ3n) is 1.85. The van der Waals surface area contributed by atoms with Gasteiger partial charge in [-0.1, -0.05) is 0 Å². The molecule has 0 aliphatic carbocycles. The molecule has 2 atom stereocenters. The van der Waals surface area contributed by atoms with Crippen LogP contribution in [-0.2, 0) is 4.74 Å². The normalized spacial score (nSPS) is 37.1. The van der Waals surface area contributed by atoms with Crippen LogP contribution in [0.15, 0.2) is 11.6 Å². The highest BCUT2D eigenvalue weighted by molar-refractivity contribution is 8.02. The first-order valence-electron chi connectivity index (χ1n) is 3.86. The Balaban J connectivity index is 1.83. The standard InChI is InChI=1S/C7H12N2OS/c1-3-10-6(5-8-1)7-9-2-4-11-7/h2,4,6-9H,1,3,5H2. The number of hydrogen-bond donors (Lipinski definition) is 2. The van der Waals surface area contributed by atoms with Gasteiger partial charge in [0.15, 0.2) is 0 Å². The van der Waals surface area contributed by atoms with E-state index in [1.165, 1.54) is 0 Å². The molecule has 2 aliphatic heterocycles. The zero-order chi connectivity index (χ0) is 7.52. The third-order valence-corrected chi connectivity index (χ3v) is 2.87. The molecule has 2 aliphatic rings. The zero-order valence-electron chi connectivity index (χ0n) is 6.25. The van der Waals surface area contributed by atoms with Crippen LogP contribution in [0.1, 0.15) is 0 Å². The summed E-state index contributed by atoms with van der Waals surface area (Å²) in [7, 11) is 0. The Morgan fingerprint density at radius 2 is 2.55 bits per heavy atom. The summed E-state index contributed by atoms with van der Waals surface area (Å²) in [6.45, 7) is 2.79. The number of ether oxygens (including phenoxy) is 1. The molecule has 0 bridgehead atoms. The van der Waals surface area contributed by atoms with Crippen molar-refractivity contribution in [3.8, 4) is 0 Å². The molecule has 0 aromatic carbocycles. The van der Waals surface area contributed by atoms with Gasteiger partial charge in [0.05, 0.1) is 12.7 Å². The van der Waals surface area contributed by atoms with E-state index in [4.69, 9.17) is 4.74 Å². The average molecular weight is 172 g/mol. The van der Waals surface area contributed by atoms with Gasteiger partial charge in [0.2, 0.25) is 0 Å². The van der Waals surface area contributed by atoms with Gasteiger partial charge in [-0.05, 0) is 5.41 Å². The number of morpholine rings is 1. The first-order chi connectivity index (χ1) is 5.47. The fourth-order valence-corrected chi connectivity index (χ4v) is 2.11. The Hall–Kier alpha value is -0.190. The number of nitrogens with one attached hydrogen (secondary N) is 2. The van der Waals surface area contributed by atoms with Gasteiger partial charge >= 0.3 is 0 Å². The molecule has 2 heterocycles. The predicted octanol–water partition coefficient (Wildman–Crippen LogP) is 0.108. The Morgan fingerprint density at radius 1 is 1.55 bits per heavy atom. The highest BCUT2D eigenvalue weighted by Crippen LogP contribution is 2.20. The van der Waals surface area contributed by atoms with Crippen LogP contribution in [-0.4, -0.2) is 31.2 Å². The Bertz CT molecular complexity index is 149. The largest absolute Gasteiger partial charge is 0.376 e. The molecule has 62 valence electrons. The summed E-state index contributed by atoms with van der Waals surface area (Å²) in [5.41, 5.74) is 0. The quantitative estimate of drug-likeness (QED) is 0.588. The summed E-state index contributed by atoms with van der Waals surface area (Å²) in [5, 5.41) is 9.04. The number of rotatable bonds is 1. The van der Waals surface area contributed by atoms with Gasteiger partial charge in [0.1, 0.15) is 5.37 Å². The molecule has 2 rings (SSSR count). The molecule has 11 heavy (non-hydrogen) atoms. The minimum atomic E-state index is 0.323. The van der Waals surface area contributed by atoms with Crippen molar-refractivity contribution in [2.45, 2.75) is 11.5 Å². The van der Waals surface area contributed by atoms with Crippen molar-refractivity contribution >= 4 is 11.8 Å². The van der Waals surface area contributed by atoms with Crippen LogP contribution in [0.3, 0.4) is 0 Å². The van der Waals surface area contributed by atoms with E-state index in [1.54, 1.807) is 11.8 Å². The maximum absolute atomic E-state index is 5.58. The highest BCUT2D eigenvalue weighted by atomic mass is 32.2. The molecule has 0 amide bonds. The topological polar surface area (TPSA) is 33.3 Å². The predicted molar refractivity (Wildman–Crippen MR) is 46.3 cm³/mol. The second kappa shape index (κ2) is 3.47. The first-order valence-corrected chi connectivity index (χ1v) is 4.80. The molecule has 4 heteroatoms. The fourth-order valence-electron chi connectivity index (χ4n) is 1.27. The summed E-state index contributed by atoms with van der Waals surface area (Å²) < 4.78 is 5.58. The molecular formula is C7H12N2OS. The molecule has 0 aromatic rings. The molecular weight excluding hydrogens is 160 g/mol. The minimum Gasteiger partial charge on any atom is -0.376 e. The monoisotopic (exact) mass is 172 g/mol. The van der Waals surface area contributed by atoms with Crippen molar-refractivity contribution in [3.63, 3.8) is 0 Å². The van der Waals surface area contributed by atoms with E-state index in [0.29, 0.717) is 11.5 Å².